The molecule has 0 amide bonds. The van der Waals surface area contributed by atoms with Crippen LogP contribution in [0.1, 0.15) is 12.8 Å². The molecule has 1 aromatic heterocycles. The third-order valence-corrected chi connectivity index (χ3v) is 3.51. The van der Waals surface area contributed by atoms with Crippen LogP contribution in [0, 0.1) is 10.1 Å². The summed E-state index contributed by atoms with van der Waals surface area (Å²) < 4.78 is 5.45. The molecule has 1 aromatic carbocycles. The van der Waals surface area contributed by atoms with E-state index < -0.39 is 0 Å². The predicted octanol–water partition coefficient (Wildman–Crippen LogP) is 2.73. The van der Waals surface area contributed by atoms with Crippen molar-refractivity contribution in [3.05, 3.63) is 40.7 Å². The monoisotopic (exact) mass is 273 g/mol. The van der Waals surface area contributed by atoms with Gasteiger partial charge in [-0.15, -0.1) is 0 Å². The highest BCUT2D eigenvalue weighted by molar-refractivity contribution is 5.99. The predicted molar refractivity (Wildman–Crippen MR) is 75.9 cm³/mol. The van der Waals surface area contributed by atoms with E-state index in [0.717, 1.165) is 30.5 Å². The molecule has 1 N–H and O–H groups in total. The number of non-ortho nitro benzene ring substituents is 1. The van der Waals surface area contributed by atoms with Crippen molar-refractivity contribution in [3.8, 4) is 0 Å². The average Bonchev–Trinajstić information content (AvgIpc) is 2.48. The van der Waals surface area contributed by atoms with Crippen LogP contribution < -0.4 is 5.32 Å². The summed E-state index contributed by atoms with van der Waals surface area (Å²) in [6, 6.07) is 5.33. The number of hydrogen-bond donors (Lipinski definition) is 1. The third kappa shape index (κ3) is 2.42. The molecule has 1 fully saturated rings. The first kappa shape index (κ1) is 12.8. The van der Waals surface area contributed by atoms with Gasteiger partial charge in [0.2, 0.25) is 0 Å². The number of ether oxygens (including phenoxy) is 1. The van der Waals surface area contributed by atoms with E-state index in [1.807, 2.05) is 0 Å². The van der Waals surface area contributed by atoms with Gasteiger partial charge in [-0.3, -0.25) is 15.1 Å². The fraction of sp³-hybridized carbons (Fsp3) is 0.357. The molecule has 6 heteroatoms. The molecular weight excluding hydrogens is 258 g/mol. The van der Waals surface area contributed by atoms with E-state index in [0.29, 0.717) is 12.0 Å². The van der Waals surface area contributed by atoms with Crippen molar-refractivity contribution in [2.45, 2.75) is 18.9 Å². The molecule has 1 unspecified atom stereocenters. The van der Waals surface area contributed by atoms with Gasteiger partial charge in [0.05, 0.1) is 16.9 Å². The van der Waals surface area contributed by atoms with E-state index >= 15 is 0 Å². The minimum absolute atomic E-state index is 0.0820. The van der Waals surface area contributed by atoms with Gasteiger partial charge in [0.15, 0.2) is 0 Å². The summed E-state index contributed by atoms with van der Waals surface area (Å²) in [6.45, 7) is 1.48. The van der Waals surface area contributed by atoms with Crippen molar-refractivity contribution in [1.82, 2.24) is 4.98 Å². The topological polar surface area (TPSA) is 77.3 Å². The van der Waals surface area contributed by atoms with Gasteiger partial charge in [0.1, 0.15) is 0 Å². The van der Waals surface area contributed by atoms with Gasteiger partial charge < -0.3 is 10.1 Å². The Kier molecular flexibility index (Phi) is 3.47. The summed E-state index contributed by atoms with van der Waals surface area (Å²) in [4.78, 5) is 14.7. The molecule has 0 saturated carbocycles. The van der Waals surface area contributed by atoms with Gasteiger partial charge in [-0.1, -0.05) is 0 Å². The third-order valence-electron chi connectivity index (χ3n) is 3.51. The lowest BCUT2D eigenvalue weighted by molar-refractivity contribution is -0.383. The number of aromatic nitrogens is 1. The second-order valence-electron chi connectivity index (χ2n) is 4.87. The highest BCUT2D eigenvalue weighted by Gasteiger charge is 2.18. The van der Waals surface area contributed by atoms with Gasteiger partial charge in [0, 0.05) is 42.2 Å². The molecule has 0 spiro atoms. The van der Waals surface area contributed by atoms with Crippen LogP contribution in [0.15, 0.2) is 30.6 Å². The zero-order chi connectivity index (χ0) is 13.9. The Morgan fingerprint density at radius 3 is 3.00 bits per heavy atom. The summed E-state index contributed by atoms with van der Waals surface area (Å²) in [5.74, 6) is 0. The second-order valence-corrected chi connectivity index (χ2v) is 4.87. The minimum atomic E-state index is -0.377. The van der Waals surface area contributed by atoms with E-state index in [-0.39, 0.29) is 16.7 Å². The average molecular weight is 273 g/mol. The van der Waals surface area contributed by atoms with Crippen LogP contribution >= 0.6 is 0 Å². The first-order valence-corrected chi connectivity index (χ1v) is 6.61. The molecule has 0 aliphatic carbocycles. The largest absolute Gasteiger partial charge is 0.379 e. The molecule has 0 radical (unpaired) electrons. The minimum Gasteiger partial charge on any atom is -0.379 e. The van der Waals surface area contributed by atoms with Gasteiger partial charge in [-0.2, -0.15) is 0 Å². The molecule has 0 bridgehead atoms. The molecule has 2 heterocycles. The number of nitro groups is 1. The van der Waals surface area contributed by atoms with Crippen LogP contribution in [0.2, 0.25) is 0 Å². The maximum absolute atomic E-state index is 11.1. The van der Waals surface area contributed by atoms with Crippen LogP contribution in [0.5, 0.6) is 0 Å². The first-order valence-electron chi connectivity index (χ1n) is 6.61. The standard InChI is InChI=1S/C14H15N3O3/c18-17(19)14-4-3-13(11-5-6-15-8-12(11)14)16-10-2-1-7-20-9-10/h3-6,8,10,16H,1-2,7,9H2. The molecule has 1 aliphatic rings. The smallest absolute Gasteiger partial charge is 0.278 e. The van der Waals surface area contributed by atoms with Crippen molar-refractivity contribution >= 4 is 22.1 Å². The van der Waals surface area contributed by atoms with Crippen LogP contribution in [0.25, 0.3) is 10.8 Å². The summed E-state index contributed by atoms with van der Waals surface area (Å²) in [5.41, 5.74) is 0.974. The number of pyridine rings is 1. The van der Waals surface area contributed by atoms with Gasteiger partial charge in [-0.25, -0.2) is 0 Å². The maximum Gasteiger partial charge on any atom is 0.278 e. The van der Waals surface area contributed by atoms with Crippen LogP contribution in [0.3, 0.4) is 0 Å². The Labute approximate surface area is 115 Å². The van der Waals surface area contributed by atoms with Crippen molar-refractivity contribution in [3.63, 3.8) is 0 Å². The van der Waals surface area contributed by atoms with Crippen molar-refractivity contribution < 1.29 is 9.66 Å². The second kappa shape index (κ2) is 5.42. The van der Waals surface area contributed by atoms with E-state index in [2.05, 4.69) is 10.3 Å². The highest BCUT2D eigenvalue weighted by atomic mass is 16.6. The lowest BCUT2D eigenvalue weighted by Crippen LogP contribution is -2.30. The number of hydrogen-bond acceptors (Lipinski definition) is 5. The fourth-order valence-corrected chi connectivity index (χ4v) is 2.53. The molecule has 104 valence electrons. The number of nitro benzene ring substituents is 1. The van der Waals surface area contributed by atoms with Gasteiger partial charge >= 0.3 is 0 Å². The highest BCUT2D eigenvalue weighted by Crippen LogP contribution is 2.31. The molecule has 1 saturated heterocycles. The van der Waals surface area contributed by atoms with E-state index in [4.69, 9.17) is 4.74 Å². The lowest BCUT2D eigenvalue weighted by Gasteiger charge is -2.24. The number of rotatable bonds is 3. The molecule has 2 aromatic rings. The first-order chi connectivity index (χ1) is 9.75. The quantitative estimate of drug-likeness (QED) is 0.687. The number of nitrogens with one attached hydrogen (secondary N) is 1. The summed E-state index contributed by atoms with van der Waals surface area (Å²) in [7, 11) is 0. The maximum atomic E-state index is 11.1. The lowest BCUT2D eigenvalue weighted by atomic mass is 10.1. The number of benzene rings is 1. The van der Waals surface area contributed by atoms with Crippen LogP contribution in [0.4, 0.5) is 11.4 Å². The molecule has 1 atom stereocenters. The summed E-state index contributed by atoms with van der Waals surface area (Å²) in [5, 5.41) is 15.8. The zero-order valence-corrected chi connectivity index (χ0v) is 10.9. The van der Waals surface area contributed by atoms with E-state index in [9.17, 15) is 10.1 Å². The van der Waals surface area contributed by atoms with Crippen molar-refractivity contribution in [1.29, 1.82) is 0 Å². The van der Waals surface area contributed by atoms with E-state index in [1.54, 1.807) is 18.3 Å². The number of fused-ring (bicyclic) bond motifs is 1. The van der Waals surface area contributed by atoms with Crippen LogP contribution in [-0.2, 0) is 4.74 Å². The molecular formula is C14H15N3O3. The van der Waals surface area contributed by atoms with Crippen molar-refractivity contribution in [2.24, 2.45) is 0 Å². The Morgan fingerprint density at radius 2 is 2.25 bits per heavy atom. The molecule has 1 aliphatic heterocycles. The van der Waals surface area contributed by atoms with Gasteiger partial charge in [-0.05, 0) is 25.0 Å². The van der Waals surface area contributed by atoms with Crippen molar-refractivity contribution in [2.75, 3.05) is 18.5 Å². The SMILES string of the molecule is O=[N+]([O-])c1ccc(NC2CCCOC2)c2ccncc12. The Bertz CT molecular complexity index is 639. The number of anilines is 1. The van der Waals surface area contributed by atoms with E-state index in [1.165, 1.54) is 12.3 Å². The fourth-order valence-electron chi connectivity index (χ4n) is 2.53. The number of nitrogens with zero attached hydrogens (tertiary/aromatic N) is 2. The summed E-state index contributed by atoms with van der Waals surface area (Å²) >= 11 is 0. The normalized spacial score (nSPS) is 18.9. The zero-order valence-electron chi connectivity index (χ0n) is 10.9. The Morgan fingerprint density at radius 1 is 1.35 bits per heavy atom. The summed E-state index contributed by atoms with van der Waals surface area (Å²) in [6.07, 6.45) is 5.26. The Hall–Kier alpha value is -2.21. The van der Waals surface area contributed by atoms with Crippen LogP contribution in [-0.4, -0.2) is 29.2 Å². The Balaban J connectivity index is 1.99. The molecule has 6 nitrogen and oxygen atoms in total. The molecule has 20 heavy (non-hydrogen) atoms. The van der Waals surface area contributed by atoms with Gasteiger partial charge in [0.25, 0.3) is 5.69 Å². The molecule has 3 rings (SSSR count).